The second-order valence-electron chi connectivity index (χ2n) is 11.4. The van der Waals surface area contributed by atoms with E-state index in [9.17, 15) is 19.6 Å². The van der Waals surface area contributed by atoms with Crippen LogP contribution >= 0.6 is 15.9 Å². The van der Waals surface area contributed by atoms with Gasteiger partial charge >= 0.3 is 0 Å². The van der Waals surface area contributed by atoms with Crippen molar-refractivity contribution in [3.8, 4) is 17.2 Å². The quantitative estimate of drug-likeness (QED) is 0.305. The minimum absolute atomic E-state index is 0.0503. The summed E-state index contributed by atoms with van der Waals surface area (Å²) < 4.78 is 2.00. The van der Waals surface area contributed by atoms with E-state index in [1.165, 1.54) is 4.68 Å². The first kappa shape index (κ1) is 27.7. The molecule has 0 bridgehead atoms. The van der Waals surface area contributed by atoms with Crippen LogP contribution in [0.25, 0.3) is 22.0 Å². The van der Waals surface area contributed by atoms with Crippen molar-refractivity contribution >= 4 is 44.4 Å². The number of rotatable bonds is 7. The second kappa shape index (κ2) is 10.1. The van der Waals surface area contributed by atoms with E-state index in [2.05, 4.69) is 49.0 Å². The highest BCUT2D eigenvalue weighted by Gasteiger charge is 2.64. The zero-order valence-electron chi connectivity index (χ0n) is 23.3. The smallest absolute Gasteiger partial charge is 0.269 e. The number of hydrogen-bond acceptors (Lipinski definition) is 8. The number of fused-ring (bicyclic) bond motifs is 2. The van der Waals surface area contributed by atoms with Gasteiger partial charge in [-0.2, -0.15) is 10.4 Å². The molecule has 1 aliphatic carbocycles. The number of nitrogens with zero attached hydrogens (tertiary/aromatic N) is 7. The maximum atomic E-state index is 13.9. The van der Waals surface area contributed by atoms with Gasteiger partial charge in [-0.25, -0.2) is 15.0 Å². The molecule has 1 aromatic carbocycles. The lowest BCUT2D eigenvalue weighted by molar-refractivity contribution is -0.139. The number of amides is 2. The monoisotopic (exact) mass is 626 g/mol. The molecule has 1 saturated heterocycles. The number of halogens is 1. The molecule has 1 aliphatic heterocycles. The number of ketones is 1. The molecule has 42 heavy (non-hydrogen) atoms. The average Bonchev–Trinajstić information content (AvgIpc) is 3.31. The van der Waals surface area contributed by atoms with Crippen LogP contribution < -0.4 is 5.73 Å². The van der Waals surface area contributed by atoms with Crippen LogP contribution in [-0.4, -0.2) is 59.3 Å². The molecule has 0 unspecified atom stereocenters. The molecule has 12 heteroatoms. The first-order chi connectivity index (χ1) is 20.0. The SMILES string of the molecule is Cc1ncc(-c2cc(C#N)c3c(c2)c(C(N)=O)nn3CC(=O)N2[C@H](C(=O)Cc3nc(Br)ccc3C)C[C@@]3(C)C[C@@H]23)cn1. The Labute approximate surface area is 249 Å². The van der Waals surface area contributed by atoms with Crippen molar-refractivity contribution in [1.82, 2.24) is 29.6 Å². The number of hydrogen-bond donors (Lipinski definition) is 1. The van der Waals surface area contributed by atoms with Crippen LogP contribution in [0.3, 0.4) is 0 Å². The number of aryl methyl sites for hydroxylation is 2. The molecule has 4 aromatic rings. The molecule has 1 saturated carbocycles. The van der Waals surface area contributed by atoms with Gasteiger partial charge in [0.15, 0.2) is 11.5 Å². The van der Waals surface area contributed by atoms with Gasteiger partial charge in [-0.1, -0.05) is 13.0 Å². The Hall–Kier alpha value is -4.50. The topological polar surface area (TPSA) is 161 Å². The maximum absolute atomic E-state index is 13.9. The number of pyridine rings is 1. The normalized spacial score (nSPS) is 20.8. The van der Waals surface area contributed by atoms with E-state index in [4.69, 9.17) is 5.73 Å². The van der Waals surface area contributed by atoms with Crippen molar-refractivity contribution < 1.29 is 14.4 Å². The highest BCUT2D eigenvalue weighted by atomic mass is 79.9. The molecular weight excluding hydrogens is 600 g/mol. The summed E-state index contributed by atoms with van der Waals surface area (Å²) in [6, 6.07) is 8.60. The molecule has 2 amide bonds. The van der Waals surface area contributed by atoms with Crippen molar-refractivity contribution in [2.75, 3.05) is 0 Å². The summed E-state index contributed by atoms with van der Waals surface area (Å²) in [5.41, 5.74) is 8.89. The van der Waals surface area contributed by atoms with E-state index in [1.54, 1.807) is 36.4 Å². The summed E-state index contributed by atoms with van der Waals surface area (Å²) in [6.45, 7) is 5.51. The minimum Gasteiger partial charge on any atom is -0.364 e. The van der Waals surface area contributed by atoms with Gasteiger partial charge < -0.3 is 10.6 Å². The number of Topliss-reactive ketones (excluding diaryl/α,β-unsaturated/α-hetero) is 1. The third-order valence-corrected chi connectivity index (χ3v) is 8.84. The number of nitrogens with two attached hydrogens (primary N) is 1. The molecule has 212 valence electrons. The van der Waals surface area contributed by atoms with Gasteiger partial charge in [0.05, 0.1) is 29.2 Å². The molecule has 0 radical (unpaired) electrons. The molecule has 2 fully saturated rings. The summed E-state index contributed by atoms with van der Waals surface area (Å²) in [5.74, 6) is -0.568. The van der Waals surface area contributed by atoms with Gasteiger partial charge in [0.2, 0.25) is 5.91 Å². The van der Waals surface area contributed by atoms with E-state index in [0.717, 1.165) is 12.0 Å². The maximum Gasteiger partial charge on any atom is 0.269 e. The standard InChI is InChI=1S/C30H27BrN8O3/c1-15-4-5-25(31)36-21(15)8-23(40)22-9-30(3)10-24(30)39(22)26(41)14-38-28-18(11-32)6-17(19-12-34-16(2)35-13-19)7-20(28)27(37-38)29(33)42/h4-7,12-13,22,24H,8-10,14H2,1-3H3,(H2,33,42)/t22-,24+,30-/m0/s1. The number of primary amides is 1. The molecule has 11 nitrogen and oxygen atoms in total. The zero-order valence-corrected chi connectivity index (χ0v) is 24.8. The average molecular weight is 628 g/mol. The third-order valence-electron chi connectivity index (χ3n) is 8.40. The molecule has 3 aromatic heterocycles. The predicted octanol–water partition coefficient (Wildman–Crippen LogP) is 3.43. The van der Waals surface area contributed by atoms with Gasteiger partial charge in [-0.05, 0) is 77.4 Å². The van der Waals surface area contributed by atoms with Gasteiger partial charge in [0.25, 0.3) is 5.91 Å². The van der Waals surface area contributed by atoms with Gasteiger partial charge in [-0.3, -0.25) is 19.1 Å². The number of benzene rings is 1. The van der Waals surface area contributed by atoms with Gasteiger partial charge in [-0.15, -0.1) is 0 Å². The Morgan fingerprint density at radius 2 is 1.88 bits per heavy atom. The predicted molar refractivity (Wildman–Crippen MR) is 156 cm³/mol. The van der Waals surface area contributed by atoms with Crippen LogP contribution in [0, 0.1) is 30.6 Å². The lowest BCUT2D eigenvalue weighted by Crippen LogP contribution is -2.45. The van der Waals surface area contributed by atoms with Gasteiger partial charge in [0, 0.05) is 29.4 Å². The first-order valence-corrected chi connectivity index (χ1v) is 14.3. The van der Waals surface area contributed by atoms with E-state index >= 15 is 0 Å². The Bertz CT molecular complexity index is 1840. The Morgan fingerprint density at radius 1 is 1.14 bits per heavy atom. The lowest BCUT2D eigenvalue weighted by atomic mass is 9.96. The van der Waals surface area contributed by atoms with Crippen LogP contribution in [0.4, 0.5) is 0 Å². The minimum atomic E-state index is -0.784. The van der Waals surface area contributed by atoms with Crippen molar-refractivity contribution in [2.24, 2.45) is 11.1 Å². The van der Waals surface area contributed by atoms with Crippen molar-refractivity contribution in [1.29, 1.82) is 5.26 Å². The van der Waals surface area contributed by atoms with Crippen LogP contribution in [0.5, 0.6) is 0 Å². The highest BCUT2D eigenvalue weighted by Crippen LogP contribution is 2.59. The third kappa shape index (κ3) is 4.73. The van der Waals surface area contributed by atoms with Crippen molar-refractivity contribution in [2.45, 2.75) is 58.7 Å². The molecule has 4 heterocycles. The molecule has 3 atom stereocenters. The number of likely N-dealkylation sites (tertiary alicyclic amines) is 1. The Kier molecular flexibility index (Phi) is 6.65. The molecule has 2 aliphatic rings. The Morgan fingerprint density at radius 3 is 2.57 bits per heavy atom. The zero-order chi connectivity index (χ0) is 29.9. The number of carbonyl (C=O) groups is 3. The Balaban J connectivity index is 1.34. The van der Waals surface area contributed by atoms with E-state index in [1.807, 2.05) is 19.1 Å². The summed E-state index contributed by atoms with van der Waals surface area (Å²) in [7, 11) is 0. The number of carbonyl (C=O) groups excluding carboxylic acids is 3. The fourth-order valence-electron chi connectivity index (χ4n) is 6.03. The molecular formula is C30H27BrN8O3. The van der Waals surface area contributed by atoms with E-state index < -0.39 is 11.9 Å². The number of piperidine rings is 1. The summed E-state index contributed by atoms with van der Waals surface area (Å²) in [6.07, 6.45) is 4.76. The van der Waals surface area contributed by atoms with E-state index in [-0.39, 0.29) is 47.4 Å². The molecule has 0 spiro atoms. The summed E-state index contributed by atoms with van der Waals surface area (Å²) >= 11 is 3.37. The first-order valence-electron chi connectivity index (χ1n) is 13.5. The van der Waals surface area contributed by atoms with E-state index in [0.29, 0.717) is 44.6 Å². The molecule has 6 rings (SSSR count). The second-order valence-corrected chi connectivity index (χ2v) is 12.2. The van der Waals surface area contributed by atoms with Crippen molar-refractivity contribution in [3.05, 3.63) is 69.6 Å². The molecule has 2 N–H and O–H groups in total. The van der Waals surface area contributed by atoms with Crippen molar-refractivity contribution in [3.63, 3.8) is 0 Å². The lowest BCUT2D eigenvalue weighted by Gasteiger charge is -2.27. The largest absolute Gasteiger partial charge is 0.364 e. The fourth-order valence-corrected chi connectivity index (χ4v) is 6.38. The number of nitriles is 1. The highest BCUT2D eigenvalue weighted by molar-refractivity contribution is 9.10. The van der Waals surface area contributed by atoms with Crippen LogP contribution in [0.15, 0.2) is 41.3 Å². The van der Waals surface area contributed by atoms with Crippen LogP contribution in [0.2, 0.25) is 0 Å². The number of aromatic nitrogens is 5. The van der Waals surface area contributed by atoms with Gasteiger partial charge in [0.1, 0.15) is 23.0 Å². The summed E-state index contributed by atoms with van der Waals surface area (Å²) in [5, 5.41) is 14.8. The van der Waals surface area contributed by atoms with Crippen LogP contribution in [-0.2, 0) is 22.6 Å². The summed E-state index contributed by atoms with van der Waals surface area (Å²) in [4.78, 5) is 54.5. The van der Waals surface area contributed by atoms with Crippen LogP contribution in [0.1, 0.15) is 52.9 Å². The fraction of sp³-hybridized carbons (Fsp3) is 0.333.